The van der Waals surface area contributed by atoms with Crippen molar-refractivity contribution in [3.63, 3.8) is 0 Å². The molecule has 1 N–H and O–H groups in total. The highest BCUT2D eigenvalue weighted by molar-refractivity contribution is 5.67. The predicted octanol–water partition coefficient (Wildman–Crippen LogP) is 1.89. The van der Waals surface area contributed by atoms with Crippen LogP contribution < -0.4 is 5.32 Å². The number of carbonyl (C=O) groups excluding carboxylic acids is 1. The molecule has 18 heavy (non-hydrogen) atoms. The molecule has 0 radical (unpaired) electrons. The van der Waals surface area contributed by atoms with E-state index in [2.05, 4.69) is 10.1 Å². The number of nitro groups is 1. The highest BCUT2D eigenvalue weighted by Gasteiger charge is 2.30. The second-order valence-electron chi connectivity index (χ2n) is 3.69. The van der Waals surface area contributed by atoms with Crippen LogP contribution in [-0.4, -0.2) is 24.2 Å². The van der Waals surface area contributed by atoms with E-state index in [4.69, 9.17) is 0 Å². The van der Waals surface area contributed by atoms with Crippen molar-refractivity contribution in [2.75, 3.05) is 7.11 Å². The smallest absolute Gasteiger partial charge is 0.407 e. The monoisotopic (exact) mass is 256 g/mol. The third kappa shape index (κ3) is 3.41. The van der Waals surface area contributed by atoms with E-state index in [1.165, 1.54) is 25.1 Å². The number of ether oxygens (including phenoxy) is 1. The van der Waals surface area contributed by atoms with Gasteiger partial charge in [0.1, 0.15) is 11.9 Å². The first-order valence-electron chi connectivity index (χ1n) is 5.19. The number of methoxy groups -OCH3 is 1. The maximum Gasteiger partial charge on any atom is 0.407 e. The lowest BCUT2D eigenvalue weighted by atomic mass is 10.0. The van der Waals surface area contributed by atoms with Crippen LogP contribution >= 0.6 is 0 Å². The number of benzene rings is 1. The zero-order valence-corrected chi connectivity index (χ0v) is 9.92. The van der Waals surface area contributed by atoms with Gasteiger partial charge in [0.05, 0.1) is 7.11 Å². The molecule has 0 aromatic heterocycles. The van der Waals surface area contributed by atoms with Crippen molar-refractivity contribution in [2.45, 2.75) is 19.0 Å². The first kappa shape index (κ1) is 13.9. The van der Waals surface area contributed by atoms with Gasteiger partial charge in [0.25, 0.3) is 0 Å². The van der Waals surface area contributed by atoms with Crippen molar-refractivity contribution in [1.82, 2.24) is 5.32 Å². The van der Waals surface area contributed by atoms with E-state index >= 15 is 0 Å². The van der Waals surface area contributed by atoms with E-state index in [0.29, 0.717) is 5.56 Å². The Bertz CT molecular complexity index is 452. The molecular weight excluding hydrogens is 243 g/mol. The molecule has 0 fully saturated rings. The van der Waals surface area contributed by atoms with Gasteiger partial charge in [0, 0.05) is 11.8 Å². The summed E-state index contributed by atoms with van der Waals surface area (Å²) in [5.74, 6) is -0.528. The molecule has 1 aromatic rings. The van der Waals surface area contributed by atoms with Gasteiger partial charge in [0.2, 0.25) is 6.04 Å². The number of halogens is 1. The van der Waals surface area contributed by atoms with E-state index in [1.807, 2.05) is 0 Å². The molecule has 0 heterocycles. The van der Waals surface area contributed by atoms with Gasteiger partial charge >= 0.3 is 6.09 Å². The Balaban J connectivity index is 3.03. The summed E-state index contributed by atoms with van der Waals surface area (Å²) < 4.78 is 17.5. The quantitative estimate of drug-likeness (QED) is 0.658. The van der Waals surface area contributed by atoms with Crippen molar-refractivity contribution in [3.05, 3.63) is 45.8 Å². The molecule has 7 heteroatoms. The highest BCUT2D eigenvalue weighted by atomic mass is 19.1. The van der Waals surface area contributed by atoms with Gasteiger partial charge in [-0.25, -0.2) is 9.18 Å². The molecular formula is C11H13FN2O4. The largest absolute Gasteiger partial charge is 0.453 e. The maximum absolute atomic E-state index is 13.1. The molecule has 1 aromatic carbocycles. The standard InChI is InChI=1S/C11H13FN2O4/c1-7(14(16)17)10(13-11(15)18-2)8-4-3-5-9(12)6-8/h3-7,10H,1-2H3,(H,13,15). The van der Waals surface area contributed by atoms with Gasteiger partial charge in [-0.15, -0.1) is 0 Å². The van der Waals surface area contributed by atoms with E-state index in [9.17, 15) is 19.3 Å². The molecule has 6 nitrogen and oxygen atoms in total. The lowest BCUT2D eigenvalue weighted by Crippen LogP contribution is -2.38. The van der Waals surface area contributed by atoms with Gasteiger partial charge in [-0.1, -0.05) is 12.1 Å². The summed E-state index contributed by atoms with van der Waals surface area (Å²) >= 11 is 0. The summed E-state index contributed by atoms with van der Waals surface area (Å²) in [6.07, 6.45) is -0.807. The second kappa shape index (κ2) is 5.95. The molecule has 0 saturated carbocycles. The third-order valence-electron chi connectivity index (χ3n) is 2.48. The third-order valence-corrected chi connectivity index (χ3v) is 2.48. The number of rotatable bonds is 4. The number of carbonyl (C=O) groups is 1. The first-order valence-corrected chi connectivity index (χ1v) is 5.19. The lowest BCUT2D eigenvalue weighted by Gasteiger charge is -2.19. The Labute approximate surface area is 103 Å². The molecule has 0 aliphatic rings. The molecule has 0 aliphatic heterocycles. The van der Waals surface area contributed by atoms with E-state index in [1.54, 1.807) is 0 Å². The van der Waals surface area contributed by atoms with Crippen molar-refractivity contribution < 1.29 is 18.8 Å². The fraction of sp³-hybridized carbons (Fsp3) is 0.364. The molecule has 0 aliphatic carbocycles. The average Bonchev–Trinajstić information content (AvgIpc) is 2.34. The van der Waals surface area contributed by atoms with E-state index in [0.717, 1.165) is 13.2 Å². The molecule has 0 saturated heterocycles. The van der Waals surface area contributed by atoms with Crippen LogP contribution in [0.2, 0.25) is 0 Å². The van der Waals surface area contributed by atoms with E-state index in [-0.39, 0.29) is 0 Å². The predicted molar refractivity (Wildman–Crippen MR) is 61.1 cm³/mol. The van der Waals surface area contributed by atoms with E-state index < -0.39 is 28.9 Å². The van der Waals surface area contributed by atoms with Gasteiger partial charge in [-0.3, -0.25) is 10.1 Å². The minimum absolute atomic E-state index is 0.310. The lowest BCUT2D eigenvalue weighted by molar-refractivity contribution is -0.523. The van der Waals surface area contributed by atoms with Crippen LogP contribution in [0.5, 0.6) is 0 Å². The fourth-order valence-electron chi connectivity index (χ4n) is 1.49. The van der Waals surface area contributed by atoms with Gasteiger partial charge < -0.3 is 10.1 Å². The first-order chi connectivity index (χ1) is 8.45. The van der Waals surface area contributed by atoms with Crippen molar-refractivity contribution in [3.8, 4) is 0 Å². The summed E-state index contributed by atoms with van der Waals surface area (Å²) in [5.41, 5.74) is 0.310. The Hall–Kier alpha value is -2.18. The number of alkyl carbamates (subject to hydrolysis) is 1. The second-order valence-corrected chi connectivity index (χ2v) is 3.69. The molecule has 98 valence electrons. The summed E-state index contributed by atoms with van der Waals surface area (Å²) in [6, 6.07) is 3.22. The summed E-state index contributed by atoms with van der Waals surface area (Å²) in [5, 5.41) is 13.1. The van der Waals surface area contributed by atoms with Crippen molar-refractivity contribution in [1.29, 1.82) is 0 Å². The summed E-state index contributed by atoms with van der Waals surface area (Å²) in [4.78, 5) is 21.4. The van der Waals surface area contributed by atoms with Crippen molar-refractivity contribution in [2.24, 2.45) is 0 Å². The minimum Gasteiger partial charge on any atom is -0.453 e. The van der Waals surface area contributed by atoms with Crippen LogP contribution in [0.25, 0.3) is 0 Å². The summed E-state index contributed by atoms with van der Waals surface area (Å²) in [7, 11) is 1.15. The Kier molecular flexibility index (Phi) is 4.59. The zero-order chi connectivity index (χ0) is 13.7. The Morgan fingerprint density at radius 2 is 2.22 bits per heavy atom. The number of amides is 1. The van der Waals surface area contributed by atoms with Crippen LogP contribution in [0, 0.1) is 15.9 Å². The molecule has 0 bridgehead atoms. The Morgan fingerprint density at radius 1 is 1.56 bits per heavy atom. The fourth-order valence-corrected chi connectivity index (χ4v) is 1.49. The molecule has 0 spiro atoms. The highest BCUT2D eigenvalue weighted by Crippen LogP contribution is 2.19. The maximum atomic E-state index is 13.1. The van der Waals surface area contributed by atoms with Crippen LogP contribution in [0.3, 0.4) is 0 Å². The molecule has 1 rings (SSSR count). The van der Waals surface area contributed by atoms with Gasteiger partial charge in [-0.2, -0.15) is 0 Å². The molecule has 2 unspecified atom stereocenters. The number of hydrogen-bond acceptors (Lipinski definition) is 4. The molecule has 2 atom stereocenters. The SMILES string of the molecule is COC(=O)NC(c1cccc(F)c1)C(C)[N+](=O)[O-]. The summed E-state index contributed by atoms with van der Waals surface area (Å²) in [6.45, 7) is 1.32. The van der Waals surface area contributed by atoms with Crippen LogP contribution in [-0.2, 0) is 4.74 Å². The van der Waals surface area contributed by atoms with Crippen LogP contribution in [0.1, 0.15) is 18.5 Å². The number of hydrogen-bond donors (Lipinski definition) is 1. The topological polar surface area (TPSA) is 81.5 Å². The number of nitrogens with one attached hydrogen (secondary N) is 1. The minimum atomic E-state index is -1.11. The van der Waals surface area contributed by atoms with Crippen LogP contribution in [0.4, 0.5) is 9.18 Å². The van der Waals surface area contributed by atoms with Crippen molar-refractivity contribution >= 4 is 6.09 Å². The number of nitrogens with zero attached hydrogens (tertiary/aromatic N) is 1. The normalized spacial score (nSPS) is 13.5. The average molecular weight is 256 g/mol. The van der Waals surface area contributed by atoms with Crippen LogP contribution in [0.15, 0.2) is 24.3 Å². The van der Waals surface area contributed by atoms with Gasteiger partial charge in [-0.05, 0) is 17.7 Å². The van der Waals surface area contributed by atoms with Gasteiger partial charge in [0.15, 0.2) is 0 Å². The Morgan fingerprint density at radius 3 is 2.72 bits per heavy atom. The molecule has 1 amide bonds. The zero-order valence-electron chi connectivity index (χ0n) is 9.92.